The highest BCUT2D eigenvalue weighted by atomic mass is 14.2. The van der Waals surface area contributed by atoms with Crippen molar-refractivity contribution in [2.75, 3.05) is 0 Å². The molecule has 0 heterocycles. The molecule has 4 aromatic rings. The van der Waals surface area contributed by atoms with E-state index in [4.69, 9.17) is 16.4 Å². The van der Waals surface area contributed by atoms with Crippen LogP contribution < -0.4 is 0 Å². The van der Waals surface area contributed by atoms with Gasteiger partial charge in [-0.15, -0.1) is 0 Å². The second-order valence-corrected chi connectivity index (χ2v) is 4.50. The Labute approximate surface area is 134 Å². The molecular weight excluding hydrogens is 240 g/mol. The first-order valence-corrected chi connectivity index (χ1v) is 6.00. The Kier molecular flexibility index (Phi) is 0.731. The lowest BCUT2D eigenvalue weighted by Gasteiger charge is -2.05. The van der Waals surface area contributed by atoms with Gasteiger partial charge >= 0.3 is 0 Å². The standard InChI is InChI=1S/C20H12/c1-2-6-15-12-19-17-10-4-8-13-7-3-9-16(20(13)17)18(19)11-14(15)5-1/h1-12H/i1D,2D,3D,4D,5D,6D,7D,8D,9D,10D,11D,12D. The molecule has 1 aliphatic carbocycles. The molecule has 0 spiro atoms. The summed E-state index contributed by atoms with van der Waals surface area (Å²) < 4.78 is 99.8. The van der Waals surface area contributed by atoms with Crippen molar-refractivity contribution in [2.45, 2.75) is 0 Å². The zero-order valence-electron chi connectivity index (χ0n) is 22.0. The van der Waals surface area contributed by atoms with Gasteiger partial charge in [-0.3, -0.25) is 0 Å². The molecule has 0 amide bonds. The highest BCUT2D eigenvalue weighted by Gasteiger charge is 2.20. The molecule has 0 atom stereocenters. The molecule has 4 aromatic carbocycles. The molecule has 0 N–H and O–H groups in total. The van der Waals surface area contributed by atoms with Gasteiger partial charge in [0.15, 0.2) is 0 Å². The second-order valence-electron chi connectivity index (χ2n) is 4.50. The quantitative estimate of drug-likeness (QED) is 0.339. The molecule has 0 saturated carbocycles. The van der Waals surface area contributed by atoms with E-state index in [-0.39, 0.29) is 43.8 Å². The third-order valence-electron chi connectivity index (χ3n) is 3.44. The van der Waals surface area contributed by atoms with Gasteiger partial charge in [0.1, 0.15) is 0 Å². The van der Waals surface area contributed by atoms with E-state index in [2.05, 4.69) is 0 Å². The van der Waals surface area contributed by atoms with Crippen LogP contribution in [-0.2, 0) is 0 Å². The summed E-state index contributed by atoms with van der Waals surface area (Å²) in [5, 5.41) is -0.504. The van der Waals surface area contributed by atoms with Crippen LogP contribution in [0.15, 0.2) is 72.5 Å². The van der Waals surface area contributed by atoms with Crippen LogP contribution in [-0.4, -0.2) is 0 Å². The minimum absolute atomic E-state index is 0.0270. The predicted octanol–water partition coefficient (Wildman–Crippen LogP) is 5.64. The van der Waals surface area contributed by atoms with Gasteiger partial charge in [0.05, 0.1) is 16.4 Å². The fourth-order valence-electron chi connectivity index (χ4n) is 2.59. The van der Waals surface area contributed by atoms with Gasteiger partial charge in [-0.2, -0.15) is 0 Å². The number of benzene rings is 4. The van der Waals surface area contributed by atoms with Crippen LogP contribution in [0.1, 0.15) is 16.4 Å². The maximum atomic E-state index is 8.78. The van der Waals surface area contributed by atoms with Gasteiger partial charge < -0.3 is 0 Å². The van der Waals surface area contributed by atoms with E-state index in [9.17, 15) is 0 Å². The zero-order chi connectivity index (χ0) is 23.5. The van der Waals surface area contributed by atoms with E-state index in [0.717, 1.165) is 0 Å². The van der Waals surface area contributed by atoms with Crippen molar-refractivity contribution in [1.29, 1.82) is 0 Å². The van der Waals surface area contributed by atoms with Crippen LogP contribution in [0, 0.1) is 0 Å². The second kappa shape index (κ2) is 3.49. The molecule has 0 fully saturated rings. The van der Waals surface area contributed by atoms with E-state index in [1.807, 2.05) is 0 Å². The van der Waals surface area contributed by atoms with Crippen molar-refractivity contribution in [3.05, 3.63) is 72.5 Å². The van der Waals surface area contributed by atoms with Crippen LogP contribution in [0.5, 0.6) is 0 Å². The maximum absolute atomic E-state index is 8.78. The minimum atomic E-state index is -0.576. The fourth-order valence-corrected chi connectivity index (χ4v) is 2.59. The summed E-state index contributed by atoms with van der Waals surface area (Å²) in [6, 6.07) is -5.83. The third-order valence-corrected chi connectivity index (χ3v) is 3.44. The molecule has 5 rings (SSSR count). The normalized spacial score (nSPS) is 20.4. The van der Waals surface area contributed by atoms with Crippen molar-refractivity contribution in [1.82, 2.24) is 0 Å². The van der Waals surface area contributed by atoms with Gasteiger partial charge in [0.25, 0.3) is 0 Å². The lowest BCUT2D eigenvalue weighted by atomic mass is 9.99. The first-order valence-electron chi connectivity index (χ1n) is 12.0. The highest BCUT2D eigenvalue weighted by Crippen LogP contribution is 2.48. The Morgan fingerprint density at radius 2 is 1.00 bits per heavy atom. The number of fused-ring (bicyclic) bond motifs is 4. The van der Waals surface area contributed by atoms with Crippen LogP contribution >= 0.6 is 0 Å². The summed E-state index contributed by atoms with van der Waals surface area (Å²) in [7, 11) is 0. The molecule has 0 saturated heterocycles. The molecule has 1 aliphatic rings. The maximum Gasteiger partial charge on any atom is 0.0636 e. The van der Waals surface area contributed by atoms with E-state index in [0.29, 0.717) is 0 Å². The zero-order valence-corrected chi connectivity index (χ0v) is 10.0. The van der Waals surface area contributed by atoms with Crippen LogP contribution in [0.2, 0.25) is 0 Å². The molecule has 0 nitrogen and oxygen atoms in total. The molecule has 20 heavy (non-hydrogen) atoms. The van der Waals surface area contributed by atoms with E-state index >= 15 is 0 Å². The molecule has 0 bridgehead atoms. The average molecular weight is 264 g/mol. The number of hydrogen-bond acceptors (Lipinski definition) is 0. The van der Waals surface area contributed by atoms with Gasteiger partial charge in [-0.25, -0.2) is 0 Å². The van der Waals surface area contributed by atoms with Crippen LogP contribution in [0.25, 0.3) is 43.8 Å². The third kappa shape index (κ3) is 1.16. The van der Waals surface area contributed by atoms with Crippen molar-refractivity contribution in [3.8, 4) is 22.3 Å². The van der Waals surface area contributed by atoms with Crippen molar-refractivity contribution < 1.29 is 16.4 Å². The molecule has 0 aromatic heterocycles. The smallest absolute Gasteiger partial charge is 0.0616 e. The largest absolute Gasteiger partial charge is 0.0636 e. The summed E-state index contributed by atoms with van der Waals surface area (Å²) in [6.45, 7) is 0. The van der Waals surface area contributed by atoms with Gasteiger partial charge in [0, 0.05) is 0 Å². The van der Waals surface area contributed by atoms with Crippen molar-refractivity contribution >= 4 is 21.5 Å². The fraction of sp³-hybridized carbons (Fsp3) is 0. The van der Waals surface area contributed by atoms with Gasteiger partial charge in [-0.1, -0.05) is 60.4 Å². The topological polar surface area (TPSA) is 0 Å². The molecule has 92 valence electrons. The summed E-state index contributed by atoms with van der Waals surface area (Å²) in [6.07, 6.45) is 0. The summed E-state index contributed by atoms with van der Waals surface area (Å²) in [5.74, 6) is 0. The molecule has 0 unspecified atom stereocenters. The summed E-state index contributed by atoms with van der Waals surface area (Å²) >= 11 is 0. The van der Waals surface area contributed by atoms with E-state index < -0.39 is 72.5 Å². The first-order chi connectivity index (χ1) is 14.9. The molecule has 0 heteroatoms. The van der Waals surface area contributed by atoms with Crippen LogP contribution in [0.4, 0.5) is 0 Å². The first kappa shape index (κ1) is 4.20. The average Bonchev–Trinajstić information content (AvgIpc) is 3.11. The Morgan fingerprint density at radius 1 is 0.500 bits per heavy atom. The lowest BCUT2D eigenvalue weighted by Crippen LogP contribution is -1.78. The SMILES string of the molecule is [2H]c1c([2H])c([2H])c2c([2H])c3c(c([2H])c2c1[2H])-c1c([2H])c([2H])c([2H])c2c([2H])c([2H])c([2H])c-3c12. The molecule has 0 aliphatic heterocycles. The Morgan fingerprint density at radius 3 is 1.55 bits per heavy atom. The summed E-state index contributed by atoms with van der Waals surface area (Å²) in [4.78, 5) is 0. The highest BCUT2D eigenvalue weighted by molar-refractivity contribution is 6.17. The van der Waals surface area contributed by atoms with E-state index in [1.165, 1.54) is 0 Å². The Balaban J connectivity index is 2.20. The van der Waals surface area contributed by atoms with E-state index in [1.54, 1.807) is 0 Å². The van der Waals surface area contributed by atoms with Gasteiger partial charge in [-0.05, 0) is 55.9 Å². The van der Waals surface area contributed by atoms with Gasteiger partial charge in [0.2, 0.25) is 0 Å². The lowest BCUT2D eigenvalue weighted by molar-refractivity contribution is 1.73. The predicted molar refractivity (Wildman–Crippen MR) is 85.9 cm³/mol. The Bertz CT molecular complexity index is 1470. The van der Waals surface area contributed by atoms with Crippen molar-refractivity contribution in [2.24, 2.45) is 0 Å². The molecule has 0 radical (unpaired) electrons. The summed E-state index contributed by atoms with van der Waals surface area (Å²) in [5.41, 5.74) is -0.157. The molecular formula is C20H12. The monoisotopic (exact) mass is 264 g/mol. The number of hydrogen-bond donors (Lipinski definition) is 0. The minimum Gasteiger partial charge on any atom is -0.0616 e. The Hall–Kier alpha value is -2.60. The van der Waals surface area contributed by atoms with Crippen LogP contribution in [0.3, 0.4) is 0 Å². The van der Waals surface area contributed by atoms with Crippen molar-refractivity contribution in [3.63, 3.8) is 0 Å². The number of rotatable bonds is 0.